The van der Waals surface area contributed by atoms with Gasteiger partial charge in [-0.2, -0.15) is 0 Å². The summed E-state index contributed by atoms with van der Waals surface area (Å²) in [5.41, 5.74) is 2.31. The summed E-state index contributed by atoms with van der Waals surface area (Å²) >= 11 is 5.78. The van der Waals surface area contributed by atoms with Crippen molar-refractivity contribution in [1.29, 1.82) is 0 Å². The van der Waals surface area contributed by atoms with Crippen LogP contribution in [0.4, 0.5) is 0 Å². The maximum absolute atomic E-state index is 5.78. The number of nitrogens with one attached hydrogen (secondary N) is 1. The Kier molecular flexibility index (Phi) is 5.10. The molecule has 0 aromatic carbocycles. The standard InChI is InChI=1S/C23H26N4OS/c29-23-25-21(19-11-4-5-13-24-19)22(27(23)16-18-10-7-15-28-18)20-12-6-14-26(20)17-8-2-1-3-9-17/h4-7,10-15,17,21-22H,1-3,8-9,16H2,(H,25,29)/t21-,22-/m0/s1. The van der Waals surface area contributed by atoms with E-state index in [1.54, 1.807) is 6.26 Å². The van der Waals surface area contributed by atoms with Crippen LogP contribution in [0.25, 0.3) is 0 Å². The van der Waals surface area contributed by atoms with Gasteiger partial charge in [-0.3, -0.25) is 4.98 Å². The third kappa shape index (κ3) is 3.57. The molecule has 1 aliphatic carbocycles. The molecular weight excluding hydrogens is 380 g/mol. The van der Waals surface area contributed by atoms with Crippen LogP contribution in [0.1, 0.15) is 67.4 Å². The third-order valence-electron chi connectivity index (χ3n) is 6.19. The molecule has 29 heavy (non-hydrogen) atoms. The summed E-state index contributed by atoms with van der Waals surface area (Å²) in [6.07, 6.45) is 12.3. The molecule has 5 nitrogen and oxygen atoms in total. The molecule has 0 bridgehead atoms. The van der Waals surface area contributed by atoms with Crippen molar-refractivity contribution in [1.82, 2.24) is 19.8 Å². The molecule has 4 heterocycles. The van der Waals surface area contributed by atoms with Crippen LogP contribution in [-0.4, -0.2) is 19.6 Å². The summed E-state index contributed by atoms with van der Waals surface area (Å²) in [4.78, 5) is 6.90. The topological polar surface area (TPSA) is 46.2 Å². The molecule has 1 saturated heterocycles. The van der Waals surface area contributed by atoms with E-state index in [1.807, 2.05) is 30.5 Å². The number of hydrogen-bond donors (Lipinski definition) is 1. The number of pyridine rings is 1. The Morgan fingerprint density at radius 3 is 2.72 bits per heavy atom. The molecule has 0 unspecified atom stereocenters. The lowest BCUT2D eigenvalue weighted by molar-refractivity contribution is 0.261. The first-order chi connectivity index (χ1) is 14.3. The maximum atomic E-state index is 5.78. The van der Waals surface area contributed by atoms with Crippen LogP contribution in [0.3, 0.4) is 0 Å². The molecule has 3 aromatic rings. The highest BCUT2D eigenvalue weighted by Crippen LogP contribution is 2.41. The Balaban J connectivity index is 1.55. The van der Waals surface area contributed by atoms with Crippen molar-refractivity contribution in [2.45, 2.75) is 56.8 Å². The van der Waals surface area contributed by atoms with Crippen molar-refractivity contribution in [2.75, 3.05) is 0 Å². The molecule has 0 radical (unpaired) electrons. The summed E-state index contributed by atoms with van der Waals surface area (Å²) < 4.78 is 8.14. The molecule has 0 amide bonds. The highest BCUT2D eigenvalue weighted by molar-refractivity contribution is 7.80. The lowest BCUT2D eigenvalue weighted by atomic mass is 9.94. The highest BCUT2D eigenvalue weighted by atomic mass is 32.1. The fourth-order valence-corrected chi connectivity index (χ4v) is 5.12. The Bertz CT molecular complexity index is 946. The van der Waals surface area contributed by atoms with Crippen LogP contribution >= 0.6 is 12.2 Å². The van der Waals surface area contributed by atoms with Gasteiger partial charge in [0.2, 0.25) is 0 Å². The first-order valence-corrected chi connectivity index (χ1v) is 10.9. The molecule has 2 fully saturated rings. The van der Waals surface area contributed by atoms with Crippen molar-refractivity contribution in [3.8, 4) is 0 Å². The quantitative estimate of drug-likeness (QED) is 0.594. The Labute approximate surface area is 176 Å². The van der Waals surface area contributed by atoms with E-state index in [-0.39, 0.29) is 12.1 Å². The summed E-state index contributed by atoms with van der Waals surface area (Å²) in [6.45, 7) is 0.642. The second-order valence-corrected chi connectivity index (χ2v) is 8.35. The molecule has 1 aliphatic heterocycles. The SMILES string of the molecule is S=C1N[C@@H](c2ccccn2)[C@H](c2cccn2C2CCCCC2)N1Cc1ccco1. The van der Waals surface area contributed by atoms with E-state index in [1.165, 1.54) is 37.8 Å². The smallest absolute Gasteiger partial charge is 0.170 e. The van der Waals surface area contributed by atoms with Crippen LogP contribution in [-0.2, 0) is 6.54 Å². The van der Waals surface area contributed by atoms with E-state index in [2.05, 4.69) is 44.2 Å². The minimum atomic E-state index is 0.0101. The van der Waals surface area contributed by atoms with Crippen molar-refractivity contribution in [3.05, 3.63) is 78.3 Å². The molecule has 2 atom stereocenters. The minimum Gasteiger partial charge on any atom is -0.467 e. The summed E-state index contributed by atoms with van der Waals surface area (Å²) in [5, 5.41) is 4.29. The number of aromatic nitrogens is 2. The van der Waals surface area contributed by atoms with Gasteiger partial charge < -0.3 is 19.2 Å². The van der Waals surface area contributed by atoms with E-state index < -0.39 is 0 Å². The summed E-state index contributed by atoms with van der Waals surface area (Å²) in [7, 11) is 0. The van der Waals surface area contributed by atoms with Gasteiger partial charge in [0, 0.05) is 24.1 Å². The average Bonchev–Trinajstić information content (AvgIpc) is 3.51. The van der Waals surface area contributed by atoms with Gasteiger partial charge in [0.05, 0.1) is 30.6 Å². The number of rotatable bonds is 5. The predicted molar refractivity (Wildman–Crippen MR) is 116 cm³/mol. The predicted octanol–water partition coefficient (Wildman–Crippen LogP) is 5.15. The zero-order valence-electron chi connectivity index (χ0n) is 16.4. The molecule has 1 saturated carbocycles. The van der Waals surface area contributed by atoms with Gasteiger partial charge in [-0.05, 0) is 61.5 Å². The molecule has 1 N–H and O–H groups in total. The molecule has 6 heteroatoms. The van der Waals surface area contributed by atoms with Crippen LogP contribution in [0, 0.1) is 0 Å². The van der Waals surface area contributed by atoms with Gasteiger partial charge in [-0.1, -0.05) is 25.3 Å². The van der Waals surface area contributed by atoms with Gasteiger partial charge >= 0.3 is 0 Å². The molecule has 5 rings (SSSR count). The molecule has 2 aliphatic rings. The number of thiocarbonyl (C=S) groups is 1. The zero-order valence-corrected chi connectivity index (χ0v) is 17.2. The number of hydrogen-bond acceptors (Lipinski definition) is 3. The lowest BCUT2D eigenvalue weighted by Gasteiger charge is -2.32. The normalized spacial score (nSPS) is 22.8. The minimum absolute atomic E-state index is 0.0101. The first-order valence-electron chi connectivity index (χ1n) is 10.5. The van der Waals surface area contributed by atoms with Crippen LogP contribution in [0.2, 0.25) is 0 Å². The first kappa shape index (κ1) is 18.4. The second kappa shape index (κ2) is 8.03. The largest absolute Gasteiger partial charge is 0.467 e. The molecule has 3 aromatic heterocycles. The van der Waals surface area contributed by atoms with Crippen LogP contribution in [0.5, 0.6) is 0 Å². The van der Waals surface area contributed by atoms with Crippen molar-refractivity contribution in [3.63, 3.8) is 0 Å². The van der Waals surface area contributed by atoms with Gasteiger partial charge in [0.25, 0.3) is 0 Å². The zero-order chi connectivity index (χ0) is 19.6. The Morgan fingerprint density at radius 1 is 1.07 bits per heavy atom. The van der Waals surface area contributed by atoms with Gasteiger partial charge in [0.15, 0.2) is 5.11 Å². The van der Waals surface area contributed by atoms with Crippen molar-refractivity contribution >= 4 is 17.3 Å². The van der Waals surface area contributed by atoms with E-state index >= 15 is 0 Å². The monoisotopic (exact) mass is 406 g/mol. The highest BCUT2D eigenvalue weighted by Gasteiger charge is 2.42. The second-order valence-electron chi connectivity index (χ2n) is 7.97. The van der Waals surface area contributed by atoms with Crippen LogP contribution < -0.4 is 5.32 Å². The van der Waals surface area contributed by atoms with Gasteiger partial charge in [-0.15, -0.1) is 0 Å². The Hall–Kier alpha value is -2.60. The van der Waals surface area contributed by atoms with Crippen molar-refractivity contribution < 1.29 is 4.42 Å². The molecule has 150 valence electrons. The fourth-order valence-electron chi connectivity index (χ4n) is 4.82. The summed E-state index contributed by atoms with van der Waals surface area (Å²) in [6, 6.07) is 15.1. The number of furan rings is 1. The van der Waals surface area contributed by atoms with Gasteiger partial charge in [0.1, 0.15) is 5.76 Å². The van der Waals surface area contributed by atoms with E-state index in [0.717, 1.165) is 16.6 Å². The maximum Gasteiger partial charge on any atom is 0.170 e. The van der Waals surface area contributed by atoms with Crippen LogP contribution in [0.15, 0.2) is 65.5 Å². The average molecular weight is 407 g/mol. The number of nitrogens with zero attached hydrogens (tertiary/aromatic N) is 3. The van der Waals surface area contributed by atoms with Gasteiger partial charge in [-0.25, -0.2) is 0 Å². The van der Waals surface area contributed by atoms with Crippen molar-refractivity contribution in [2.24, 2.45) is 0 Å². The molecular formula is C23H26N4OS. The third-order valence-corrected chi connectivity index (χ3v) is 6.54. The van der Waals surface area contributed by atoms with E-state index in [9.17, 15) is 0 Å². The molecule has 0 spiro atoms. The fraction of sp³-hybridized carbons (Fsp3) is 0.391. The Morgan fingerprint density at radius 2 is 1.97 bits per heavy atom. The summed E-state index contributed by atoms with van der Waals surface area (Å²) in [5.74, 6) is 0.914. The van der Waals surface area contributed by atoms with E-state index in [4.69, 9.17) is 16.6 Å². The lowest BCUT2D eigenvalue weighted by Crippen LogP contribution is -2.30. The van der Waals surface area contributed by atoms with E-state index in [0.29, 0.717) is 12.6 Å².